The van der Waals surface area contributed by atoms with Crippen molar-refractivity contribution in [2.75, 3.05) is 13.7 Å². The number of methoxy groups -OCH3 is 1. The quantitative estimate of drug-likeness (QED) is 0.259. The minimum atomic E-state index is -4.40. The minimum absolute atomic E-state index is 0.307. The first-order valence-corrected chi connectivity index (χ1v) is 14.4. The highest BCUT2D eigenvalue weighted by Gasteiger charge is 2.36. The number of rotatable bonds is 6. The zero-order valence-electron chi connectivity index (χ0n) is 23.3. The van der Waals surface area contributed by atoms with Gasteiger partial charge in [0.1, 0.15) is 17.4 Å². The molecule has 0 atom stereocenters. The van der Waals surface area contributed by atoms with Crippen LogP contribution < -0.4 is 4.74 Å². The van der Waals surface area contributed by atoms with Crippen molar-refractivity contribution in [1.29, 1.82) is 0 Å². The lowest BCUT2D eigenvalue weighted by atomic mass is 9.90. The second-order valence-corrected chi connectivity index (χ2v) is 11.3. The van der Waals surface area contributed by atoms with Crippen LogP contribution in [-0.2, 0) is 25.7 Å². The van der Waals surface area contributed by atoms with Crippen molar-refractivity contribution in [1.82, 2.24) is 34.2 Å². The summed E-state index contributed by atoms with van der Waals surface area (Å²) in [5, 5.41) is 4.93. The number of hydrogen-bond donors (Lipinski definition) is 1. The fourth-order valence-electron chi connectivity index (χ4n) is 6.44. The van der Waals surface area contributed by atoms with E-state index in [0.717, 1.165) is 77.9 Å². The zero-order chi connectivity index (χ0) is 28.8. The topological polar surface area (TPSA) is 76.8 Å². The summed E-state index contributed by atoms with van der Waals surface area (Å²) < 4.78 is 48.5. The number of hydrogen-bond acceptors (Lipinski definition) is 5. The number of benzene rings is 2. The predicted octanol–water partition coefficient (Wildman–Crippen LogP) is 6.24. The summed E-state index contributed by atoms with van der Waals surface area (Å²) in [7, 11) is 1.68. The minimum Gasteiger partial charge on any atom is -0.496 e. The van der Waals surface area contributed by atoms with E-state index >= 15 is 0 Å². The summed E-state index contributed by atoms with van der Waals surface area (Å²) in [4.78, 5) is 14.4. The summed E-state index contributed by atoms with van der Waals surface area (Å²) in [5.41, 5.74) is 4.12. The molecule has 11 heteroatoms. The Labute approximate surface area is 241 Å². The Kier molecular flexibility index (Phi) is 6.76. The Bertz CT molecular complexity index is 1710. The monoisotopic (exact) mass is 575 g/mol. The van der Waals surface area contributed by atoms with Crippen LogP contribution in [0.2, 0.25) is 0 Å². The van der Waals surface area contributed by atoms with Gasteiger partial charge < -0.3 is 14.3 Å². The number of aromatic amines is 1. The molecule has 0 bridgehead atoms. The van der Waals surface area contributed by atoms with E-state index < -0.39 is 11.9 Å². The van der Waals surface area contributed by atoms with E-state index in [4.69, 9.17) is 14.8 Å². The Morgan fingerprint density at radius 1 is 0.976 bits per heavy atom. The molecule has 7 rings (SSSR count). The maximum Gasteiger partial charge on any atom is 0.434 e. The number of nitrogens with zero attached hydrogens (tertiary/aromatic N) is 6. The van der Waals surface area contributed by atoms with Gasteiger partial charge in [-0.15, -0.1) is 0 Å². The standard InChI is InChI=1S/C31H32F3N7O/c1-42-27-5-3-2-4-21(27)17-29-35-25-11-6-20(16-26(25)36-29)24-12-13-41(38-24)23-9-7-22(8-10-23)39-14-15-40-18-28(31(32,33)34)37-30(40)19-39/h2-6,11-13,16,18,22-23H,7-10,14-15,17,19H2,1H3,(H,35,36). The Balaban J connectivity index is 0.994. The molecule has 0 radical (unpaired) electrons. The smallest absolute Gasteiger partial charge is 0.434 e. The van der Waals surface area contributed by atoms with Crippen LogP contribution in [-0.4, -0.2) is 53.9 Å². The molecule has 2 aromatic carbocycles. The largest absolute Gasteiger partial charge is 0.496 e. The van der Waals surface area contributed by atoms with Crippen LogP contribution in [0.3, 0.4) is 0 Å². The summed E-state index contributed by atoms with van der Waals surface area (Å²) in [5.74, 6) is 2.24. The molecule has 0 spiro atoms. The van der Waals surface area contributed by atoms with Crippen LogP contribution in [0.1, 0.15) is 54.6 Å². The third-order valence-electron chi connectivity index (χ3n) is 8.66. The van der Waals surface area contributed by atoms with E-state index in [-0.39, 0.29) is 0 Å². The number of alkyl halides is 3. The summed E-state index contributed by atoms with van der Waals surface area (Å²) >= 11 is 0. The Hall–Kier alpha value is -4.12. The number of ether oxygens (including phenoxy) is 1. The van der Waals surface area contributed by atoms with E-state index in [1.807, 2.05) is 30.3 Å². The van der Waals surface area contributed by atoms with Crippen LogP contribution in [0.5, 0.6) is 5.75 Å². The maximum atomic E-state index is 13.1. The first-order chi connectivity index (χ1) is 20.3. The summed E-state index contributed by atoms with van der Waals surface area (Å²) in [6, 6.07) is 16.9. The van der Waals surface area contributed by atoms with Gasteiger partial charge in [-0.2, -0.15) is 18.3 Å². The molecular formula is C31H32F3N7O. The molecule has 218 valence electrons. The van der Waals surface area contributed by atoms with Crippen molar-refractivity contribution in [3.8, 4) is 17.0 Å². The first-order valence-electron chi connectivity index (χ1n) is 14.4. The van der Waals surface area contributed by atoms with Gasteiger partial charge in [0, 0.05) is 49.1 Å². The van der Waals surface area contributed by atoms with Crippen molar-refractivity contribution in [2.24, 2.45) is 0 Å². The molecule has 0 unspecified atom stereocenters. The number of halogens is 3. The normalized spacial score (nSPS) is 19.7. The third-order valence-corrected chi connectivity index (χ3v) is 8.66. The predicted molar refractivity (Wildman–Crippen MR) is 152 cm³/mol. The molecular weight excluding hydrogens is 543 g/mol. The molecule has 0 saturated heterocycles. The van der Waals surface area contributed by atoms with Gasteiger partial charge in [-0.1, -0.05) is 24.3 Å². The fraction of sp³-hybridized carbons (Fsp3) is 0.387. The Morgan fingerprint density at radius 2 is 1.79 bits per heavy atom. The molecule has 42 heavy (non-hydrogen) atoms. The van der Waals surface area contributed by atoms with E-state index in [1.165, 1.54) is 0 Å². The van der Waals surface area contributed by atoms with Crippen molar-refractivity contribution in [3.05, 3.63) is 83.8 Å². The lowest BCUT2D eigenvalue weighted by Gasteiger charge is -2.38. The van der Waals surface area contributed by atoms with Gasteiger partial charge >= 0.3 is 6.18 Å². The highest BCUT2D eigenvalue weighted by atomic mass is 19.4. The first kappa shape index (κ1) is 26.8. The van der Waals surface area contributed by atoms with Gasteiger partial charge in [-0.25, -0.2) is 9.97 Å². The van der Waals surface area contributed by atoms with Crippen LogP contribution in [0, 0.1) is 0 Å². The van der Waals surface area contributed by atoms with Crippen molar-refractivity contribution >= 4 is 11.0 Å². The van der Waals surface area contributed by atoms with Gasteiger partial charge in [0.2, 0.25) is 0 Å². The summed E-state index contributed by atoms with van der Waals surface area (Å²) in [6.07, 6.45) is 3.39. The second-order valence-electron chi connectivity index (χ2n) is 11.3. The number of nitrogens with one attached hydrogen (secondary N) is 1. The van der Waals surface area contributed by atoms with Gasteiger partial charge in [-0.3, -0.25) is 9.58 Å². The molecule has 1 saturated carbocycles. The number of H-pyrrole nitrogens is 1. The molecule has 0 amide bonds. The molecule has 2 aliphatic rings. The Morgan fingerprint density at radius 3 is 2.60 bits per heavy atom. The molecule has 5 aromatic rings. The second kappa shape index (κ2) is 10.6. The number of aromatic nitrogens is 6. The van der Waals surface area contributed by atoms with Crippen molar-refractivity contribution in [3.63, 3.8) is 0 Å². The van der Waals surface area contributed by atoms with E-state index in [9.17, 15) is 13.2 Å². The van der Waals surface area contributed by atoms with Gasteiger partial charge in [0.25, 0.3) is 0 Å². The highest BCUT2D eigenvalue weighted by Crippen LogP contribution is 2.35. The number of imidazole rings is 2. The molecule has 8 nitrogen and oxygen atoms in total. The molecule has 1 aliphatic carbocycles. The van der Waals surface area contributed by atoms with Crippen LogP contribution in [0.15, 0.2) is 60.9 Å². The van der Waals surface area contributed by atoms with Crippen LogP contribution in [0.25, 0.3) is 22.3 Å². The maximum absolute atomic E-state index is 13.1. The van der Waals surface area contributed by atoms with Crippen LogP contribution in [0.4, 0.5) is 13.2 Å². The van der Waals surface area contributed by atoms with Crippen molar-refractivity contribution in [2.45, 2.75) is 63.5 Å². The lowest BCUT2D eigenvalue weighted by molar-refractivity contribution is -0.141. The summed E-state index contributed by atoms with van der Waals surface area (Å²) in [6.45, 7) is 1.76. The SMILES string of the molecule is COc1ccccc1Cc1nc2ccc(-c3ccn(C4CCC(N5CCn6cc(C(F)(F)F)nc6C5)CC4)n3)cc2[nH]1. The average molecular weight is 576 g/mol. The average Bonchev–Trinajstić information content (AvgIpc) is 3.75. The zero-order valence-corrected chi connectivity index (χ0v) is 23.3. The van der Waals surface area contributed by atoms with E-state index in [2.05, 4.69) is 43.9 Å². The molecule has 4 heterocycles. The molecule has 3 aromatic heterocycles. The van der Waals surface area contributed by atoms with Crippen LogP contribution >= 0.6 is 0 Å². The fourth-order valence-corrected chi connectivity index (χ4v) is 6.44. The number of para-hydroxylation sites is 1. The van der Waals surface area contributed by atoms with Gasteiger partial charge in [0.15, 0.2) is 5.69 Å². The third kappa shape index (κ3) is 5.17. The molecule has 1 fully saturated rings. The number of fused-ring (bicyclic) bond motifs is 2. The molecule has 1 N–H and O–H groups in total. The van der Waals surface area contributed by atoms with Crippen molar-refractivity contribution < 1.29 is 17.9 Å². The van der Waals surface area contributed by atoms with E-state index in [0.29, 0.717) is 37.4 Å². The lowest BCUT2D eigenvalue weighted by Crippen LogP contribution is -2.43. The van der Waals surface area contributed by atoms with Gasteiger partial charge in [0.05, 0.1) is 36.4 Å². The van der Waals surface area contributed by atoms with Gasteiger partial charge in [-0.05, 0) is 49.9 Å². The molecule has 1 aliphatic heterocycles. The van der Waals surface area contributed by atoms with E-state index in [1.54, 1.807) is 11.7 Å². The highest BCUT2D eigenvalue weighted by molar-refractivity contribution is 5.81.